The number of rotatable bonds is 2. The van der Waals surface area contributed by atoms with Crippen molar-refractivity contribution in [1.82, 2.24) is 0 Å². The Hall–Kier alpha value is -0.505. The summed E-state index contributed by atoms with van der Waals surface area (Å²) in [5, 5.41) is 9.05. The van der Waals surface area contributed by atoms with Gasteiger partial charge < -0.3 is 9.84 Å². The third kappa shape index (κ3) is 2.74. The zero-order chi connectivity index (χ0) is 10.8. The summed E-state index contributed by atoms with van der Waals surface area (Å²) in [6, 6.07) is 0. The van der Waals surface area contributed by atoms with E-state index in [0.717, 1.165) is 19.3 Å². The number of aliphatic hydroxyl groups excluding tert-OH is 1. The molecule has 0 spiro atoms. The molecule has 1 aliphatic rings. The highest BCUT2D eigenvalue weighted by molar-refractivity contribution is 6.27. The third-order valence-electron chi connectivity index (χ3n) is 2.79. The molecular weight excluding hydrogens is 179 g/mol. The van der Waals surface area contributed by atoms with E-state index in [2.05, 4.69) is 0 Å². The van der Waals surface area contributed by atoms with Crippen LogP contribution in [-0.4, -0.2) is 31.1 Å². The van der Waals surface area contributed by atoms with Gasteiger partial charge in [-0.25, -0.2) is 0 Å². The largest absolute Gasteiger partial charge is 0.463 e. The first kappa shape index (κ1) is 11.6. The van der Waals surface area contributed by atoms with Gasteiger partial charge in [0, 0.05) is 5.31 Å². The number of hydrogen-bond donors (Lipinski definition) is 1. The van der Waals surface area contributed by atoms with Crippen LogP contribution >= 0.6 is 0 Å². The minimum absolute atomic E-state index is 0.0709. The smallest absolute Gasteiger partial charge is 0.304 e. The van der Waals surface area contributed by atoms with Crippen LogP contribution in [0.4, 0.5) is 0 Å². The Balaban J connectivity index is 2.59. The summed E-state index contributed by atoms with van der Waals surface area (Å²) < 4.78 is 5.19. The Morgan fingerprint density at radius 3 is 2.79 bits per heavy atom. The van der Waals surface area contributed by atoms with E-state index in [1.807, 2.05) is 21.7 Å². The van der Waals surface area contributed by atoms with E-state index >= 15 is 0 Å². The van der Waals surface area contributed by atoms with E-state index < -0.39 is 5.31 Å². The molecule has 0 bridgehead atoms. The average Bonchev–Trinajstić information content (AvgIpc) is 2.02. The zero-order valence-electron chi connectivity index (χ0n) is 9.25. The second kappa shape index (κ2) is 4.34. The van der Waals surface area contributed by atoms with Gasteiger partial charge in [0.2, 0.25) is 0 Å². The van der Waals surface area contributed by atoms with Crippen molar-refractivity contribution in [2.75, 3.05) is 0 Å². The van der Waals surface area contributed by atoms with Gasteiger partial charge in [-0.15, -0.1) is 0 Å². The summed E-state index contributed by atoms with van der Waals surface area (Å²) in [6.45, 7) is 3.70. The Bertz CT molecular complexity index is 217. The van der Waals surface area contributed by atoms with Gasteiger partial charge in [0.05, 0.1) is 12.2 Å². The minimum Gasteiger partial charge on any atom is -0.463 e. The second-order valence-corrected chi connectivity index (χ2v) is 4.76. The van der Waals surface area contributed by atoms with Crippen molar-refractivity contribution in [3.63, 3.8) is 0 Å². The van der Waals surface area contributed by atoms with Gasteiger partial charge >= 0.3 is 5.97 Å². The number of ether oxygens (including phenoxy) is 1. The van der Waals surface area contributed by atoms with Crippen molar-refractivity contribution in [2.24, 2.45) is 0 Å². The van der Waals surface area contributed by atoms with Crippen LogP contribution in [0.3, 0.4) is 0 Å². The molecule has 80 valence electrons. The first-order valence-electron chi connectivity index (χ1n) is 5.33. The number of hydrogen-bond acceptors (Lipinski definition) is 3. The fourth-order valence-electron chi connectivity index (χ4n) is 1.99. The molecule has 0 heterocycles. The monoisotopic (exact) mass is 198 g/mol. The van der Waals surface area contributed by atoms with E-state index in [1.165, 1.54) is 0 Å². The predicted octanol–water partition coefficient (Wildman–Crippen LogP) is 0.665. The van der Waals surface area contributed by atoms with E-state index in [9.17, 15) is 9.90 Å². The number of carbonyl (C=O) groups is 1. The van der Waals surface area contributed by atoms with Crippen LogP contribution < -0.4 is 0 Å². The molecule has 1 unspecified atom stereocenters. The van der Waals surface area contributed by atoms with Crippen LogP contribution in [0.25, 0.3) is 0 Å². The normalized spacial score (nSPS) is 33.0. The van der Waals surface area contributed by atoms with Crippen molar-refractivity contribution in [3.05, 3.63) is 0 Å². The van der Waals surface area contributed by atoms with Crippen molar-refractivity contribution < 1.29 is 14.6 Å². The molecule has 0 aromatic heterocycles. The zero-order valence-corrected chi connectivity index (χ0v) is 9.25. The molecule has 2 atom stereocenters. The summed E-state index contributed by atoms with van der Waals surface area (Å²) >= 11 is 0. The SMILES string of the molecule is BC1(C(=O)OC(C)C)CCC[C@@H](O)C1. The first-order valence-corrected chi connectivity index (χ1v) is 5.33. The topological polar surface area (TPSA) is 46.5 Å². The van der Waals surface area contributed by atoms with Crippen molar-refractivity contribution in [2.45, 2.75) is 57.1 Å². The summed E-state index contributed by atoms with van der Waals surface area (Å²) in [5.41, 5.74) is 0. The highest BCUT2D eigenvalue weighted by atomic mass is 16.5. The molecule has 4 heteroatoms. The van der Waals surface area contributed by atoms with Gasteiger partial charge in [-0.1, -0.05) is 6.42 Å². The lowest BCUT2D eigenvalue weighted by Gasteiger charge is -2.34. The van der Waals surface area contributed by atoms with Gasteiger partial charge in [-0.3, -0.25) is 4.79 Å². The first-order chi connectivity index (χ1) is 6.44. The van der Waals surface area contributed by atoms with Crippen LogP contribution in [0.2, 0.25) is 5.31 Å². The lowest BCUT2D eigenvalue weighted by atomic mass is 9.59. The third-order valence-corrected chi connectivity index (χ3v) is 2.79. The minimum atomic E-state index is -0.470. The Labute approximate surface area is 86.2 Å². The van der Waals surface area contributed by atoms with Gasteiger partial charge in [0.25, 0.3) is 0 Å². The molecule has 1 aliphatic carbocycles. The van der Waals surface area contributed by atoms with E-state index in [1.54, 1.807) is 0 Å². The molecule has 3 nitrogen and oxygen atoms in total. The molecule has 0 radical (unpaired) electrons. The summed E-state index contributed by atoms with van der Waals surface area (Å²) in [4.78, 5) is 11.7. The molecule has 14 heavy (non-hydrogen) atoms. The van der Waals surface area contributed by atoms with Crippen molar-refractivity contribution in [1.29, 1.82) is 0 Å². The summed E-state index contributed by atoms with van der Waals surface area (Å²) in [6.07, 6.45) is 2.68. The summed E-state index contributed by atoms with van der Waals surface area (Å²) in [5.74, 6) is -0.161. The van der Waals surface area contributed by atoms with Crippen LogP contribution in [0, 0.1) is 0 Å². The maximum Gasteiger partial charge on any atom is 0.304 e. The molecule has 0 saturated heterocycles. The highest BCUT2D eigenvalue weighted by Gasteiger charge is 2.39. The Morgan fingerprint density at radius 2 is 2.29 bits per heavy atom. The number of carbonyl (C=O) groups excluding carboxylic acids is 1. The molecule has 1 N–H and O–H groups in total. The van der Waals surface area contributed by atoms with Crippen LogP contribution in [0.15, 0.2) is 0 Å². The Kier molecular flexibility index (Phi) is 3.59. The van der Waals surface area contributed by atoms with Gasteiger partial charge in [0.1, 0.15) is 7.85 Å². The quantitative estimate of drug-likeness (QED) is 0.523. The summed E-state index contributed by atoms with van der Waals surface area (Å²) in [7, 11) is 1.89. The lowest BCUT2D eigenvalue weighted by Crippen LogP contribution is -2.35. The molecule has 0 amide bonds. The van der Waals surface area contributed by atoms with E-state index in [4.69, 9.17) is 4.74 Å². The van der Waals surface area contributed by atoms with Crippen molar-refractivity contribution in [3.8, 4) is 0 Å². The molecular formula is C10H19BO3. The van der Waals surface area contributed by atoms with Gasteiger partial charge in [0.15, 0.2) is 0 Å². The fraction of sp³-hybridized carbons (Fsp3) is 0.900. The number of esters is 1. The molecule has 0 aromatic carbocycles. The molecule has 0 aliphatic heterocycles. The highest BCUT2D eigenvalue weighted by Crippen LogP contribution is 2.41. The average molecular weight is 198 g/mol. The van der Waals surface area contributed by atoms with Crippen LogP contribution in [-0.2, 0) is 9.53 Å². The second-order valence-electron chi connectivity index (χ2n) is 4.76. The molecule has 1 saturated carbocycles. The van der Waals surface area contributed by atoms with E-state index in [-0.39, 0.29) is 18.2 Å². The fourth-order valence-corrected chi connectivity index (χ4v) is 1.99. The predicted molar refractivity (Wildman–Crippen MR) is 56.9 cm³/mol. The molecule has 1 fully saturated rings. The van der Waals surface area contributed by atoms with E-state index in [0.29, 0.717) is 6.42 Å². The van der Waals surface area contributed by atoms with Crippen LogP contribution in [0.5, 0.6) is 0 Å². The maximum atomic E-state index is 11.7. The Morgan fingerprint density at radius 1 is 1.64 bits per heavy atom. The van der Waals surface area contributed by atoms with Crippen LogP contribution in [0.1, 0.15) is 39.5 Å². The standard InChI is InChI=1S/C10H19BO3/c1-7(2)14-9(13)10(11)5-3-4-8(12)6-10/h7-8,12H,3-6,11H2,1-2H3/t8-,10?/m1/s1. The lowest BCUT2D eigenvalue weighted by molar-refractivity contribution is -0.153. The van der Waals surface area contributed by atoms with Gasteiger partial charge in [-0.05, 0) is 33.1 Å². The van der Waals surface area contributed by atoms with Gasteiger partial charge in [-0.2, -0.15) is 0 Å². The molecule has 1 rings (SSSR count). The maximum absolute atomic E-state index is 11.7. The van der Waals surface area contributed by atoms with Crippen molar-refractivity contribution >= 4 is 13.8 Å². The number of aliphatic hydroxyl groups is 1. The molecule has 0 aromatic rings.